The topological polar surface area (TPSA) is 141 Å². The summed E-state index contributed by atoms with van der Waals surface area (Å²) in [4.78, 5) is 36.4. The molecule has 1 aliphatic heterocycles. The highest BCUT2D eigenvalue weighted by molar-refractivity contribution is 6.00. The largest absolute Gasteiger partial charge is 0.481 e. The molecule has 0 spiro atoms. The van der Waals surface area contributed by atoms with E-state index in [9.17, 15) is 29.7 Å². The minimum absolute atomic E-state index is 0.0185. The van der Waals surface area contributed by atoms with Gasteiger partial charge >= 0.3 is 5.97 Å². The number of aliphatic hydroxyl groups is 3. The molecular weight excluding hydrogens is 560 g/mol. The predicted molar refractivity (Wildman–Crippen MR) is 174 cm³/mol. The quantitative estimate of drug-likeness (QED) is 0.0803. The van der Waals surface area contributed by atoms with Crippen molar-refractivity contribution in [3.8, 4) is 0 Å². The Hall–Kier alpha value is -1.61. The van der Waals surface area contributed by atoms with E-state index in [4.69, 9.17) is 9.84 Å². The van der Waals surface area contributed by atoms with Crippen molar-refractivity contribution in [1.82, 2.24) is 0 Å². The second kappa shape index (κ2) is 19.1. The summed E-state index contributed by atoms with van der Waals surface area (Å²) in [6, 6.07) is 0. The van der Waals surface area contributed by atoms with E-state index in [1.54, 1.807) is 6.92 Å². The summed E-state index contributed by atoms with van der Waals surface area (Å²) >= 11 is 0. The third-order valence-corrected chi connectivity index (χ3v) is 10.1. The Morgan fingerprint density at radius 2 is 1.43 bits per heavy atom. The van der Waals surface area contributed by atoms with Gasteiger partial charge in [-0.25, -0.2) is 0 Å². The minimum atomic E-state index is -0.783. The van der Waals surface area contributed by atoms with Crippen molar-refractivity contribution in [3.63, 3.8) is 0 Å². The second-order valence-electron chi connectivity index (χ2n) is 14.8. The first kappa shape index (κ1) is 40.4. The van der Waals surface area contributed by atoms with E-state index in [0.29, 0.717) is 25.7 Å². The van der Waals surface area contributed by atoms with Crippen LogP contribution < -0.4 is 0 Å². The standard InChI is InChI=1S/C36H64O8/c1-22(18-26(5)31(38)21-32(39)27(6)19-24(3)17-23(2)13-14-34(41)42)11-10-12-25(4)35(43)28(7)33(40)20-30-15-16-36(9,44-30)29(8)37/h10,12,22-30,33,35,37,40,43H,11,13-21H2,1-9H3,(H,41,42)/t22-,23-,24-,25-,26-,27-,28+,29+,30+,33-,35+,36-/m0/s1. The van der Waals surface area contributed by atoms with E-state index < -0.39 is 29.9 Å². The lowest BCUT2D eigenvalue weighted by atomic mass is 9.83. The fourth-order valence-electron chi connectivity index (χ4n) is 6.61. The Kier molecular flexibility index (Phi) is 17.6. The molecule has 1 fully saturated rings. The van der Waals surface area contributed by atoms with Crippen LogP contribution in [0.5, 0.6) is 0 Å². The van der Waals surface area contributed by atoms with Gasteiger partial charge in [-0.1, -0.05) is 60.6 Å². The summed E-state index contributed by atoms with van der Waals surface area (Å²) in [6.07, 6.45) is 7.57. The van der Waals surface area contributed by atoms with E-state index in [-0.39, 0.29) is 71.9 Å². The monoisotopic (exact) mass is 624 g/mol. The number of carbonyl (C=O) groups is 3. The molecule has 0 aromatic carbocycles. The Labute approximate surface area is 267 Å². The fourth-order valence-corrected chi connectivity index (χ4v) is 6.61. The number of carboxylic acids is 1. The second-order valence-corrected chi connectivity index (χ2v) is 14.8. The molecule has 0 saturated carbocycles. The lowest BCUT2D eigenvalue weighted by molar-refractivity contribution is -0.137. The van der Waals surface area contributed by atoms with E-state index in [1.165, 1.54) is 0 Å². The zero-order chi connectivity index (χ0) is 33.8. The SMILES string of the molecule is C[C@@H](CCC(=O)O)C[C@H](C)C[C@H](C)C(=O)CC(=O)[C@@H](C)C[C@@H](C)CC=C[C@H](C)[C@@H](O)[C@H](C)[C@@H](O)C[C@H]1CC[C@@](C)([C@@H](C)O)O1. The van der Waals surface area contributed by atoms with E-state index in [2.05, 4.69) is 13.8 Å². The molecule has 1 aliphatic rings. The fraction of sp³-hybridized carbons (Fsp3) is 0.861. The molecule has 1 rings (SSSR count). The molecule has 12 atom stereocenters. The van der Waals surface area contributed by atoms with Gasteiger partial charge in [0.15, 0.2) is 0 Å². The number of rotatable bonds is 22. The zero-order valence-electron chi connectivity index (χ0n) is 29.0. The number of ketones is 2. The van der Waals surface area contributed by atoms with Crippen molar-refractivity contribution in [2.24, 2.45) is 41.4 Å². The van der Waals surface area contributed by atoms with Crippen molar-refractivity contribution < 1.29 is 39.5 Å². The Morgan fingerprint density at radius 1 is 0.864 bits per heavy atom. The first-order valence-corrected chi connectivity index (χ1v) is 17.0. The Balaban J connectivity index is 2.43. The van der Waals surface area contributed by atoms with Crippen LogP contribution in [0.25, 0.3) is 0 Å². The number of hydrogen-bond donors (Lipinski definition) is 4. The highest BCUT2D eigenvalue weighted by atomic mass is 16.5. The molecule has 0 amide bonds. The maximum Gasteiger partial charge on any atom is 0.303 e. The van der Waals surface area contributed by atoms with Gasteiger partial charge in [0.25, 0.3) is 0 Å². The van der Waals surface area contributed by atoms with Crippen LogP contribution in [0.3, 0.4) is 0 Å². The predicted octanol–water partition coefficient (Wildman–Crippen LogP) is 6.38. The molecule has 1 heterocycles. The first-order valence-electron chi connectivity index (χ1n) is 17.0. The van der Waals surface area contributed by atoms with Crippen molar-refractivity contribution >= 4 is 17.5 Å². The van der Waals surface area contributed by atoms with Crippen molar-refractivity contribution in [1.29, 1.82) is 0 Å². The van der Waals surface area contributed by atoms with Gasteiger partial charge in [-0.2, -0.15) is 0 Å². The number of carbonyl (C=O) groups excluding carboxylic acids is 2. The van der Waals surface area contributed by atoms with Crippen LogP contribution in [0.4, 0.5) is 0 Å². The smallest absolute Gasteiger partial charge is 0.303 e. The van der Waals surface area contributed by atoms with Crippen LogP contribution in [-0.2, 0) is 19.1 Å². The maximum absolute atomic E-state index is 12.8. The van der Waals surface area contributed by atoms with Crippen LogP contribution in [0.2, 0.25) is 0 Å². The van der Waals surface area contributed by atoms with Gasteiger partial charge in [-0.15, -0.1) is 0 Å². The van der Waals surface area contributed by atoms with Crippen LogP contribution in [0.15, 0.2) is 12.2 Å². The van der Waals surface area contributed by atoms with Crippen LogP contribution in [0.1, 0.15) is 127 Å². The average molecular weight is 625 g/mol. The van der Waals surface area contributed by atoms with Crippen molar-refractivity contribution in [2.45, 2.75) is 157 Å². The number of Topliss-reactive ketones (excluding diaryl/α,β-unsaturated/α-hetero) is 2. The lowest BCUT2D eigenvalue weighted by Crippen LogP contribution is -2.39. The summed E-state index contributed by atoms with van der Waals surface area (Å²) in [7, 11) is 0. The van der Waals surface area contributed by atoms with Gasteiger partial charge < -0.3 is 25.2 Å². The van der Waals surface area contributed by atoms with Crippen LogP contribution >= 0.6 is 0 Å². The number of carboxylic acid groups (broad SMARTS) is 1. The maximum atomic E-state index is 12.8. The van der Waals surface area contributed by atoms with E-state index in [1.807, 2.05) is 53.7 Å². The molecule has 256 valence electrons. The lowest BCUT2D eigenvalue weighted by Gasteiger charge is -2.31. The molecule has 4 N–H and O–H groups in total. The summed E-state index contributed by atoms with van der Waals surface area (Å²) in [5.41, 5.74) is -0.584. The molecular formula is C36H64O8. The molecule has 0 aromatic rings. The number of allylic oxidation sites excluding steroid dienone is 1. The van der Waals surface area contributed by atoms with Crippen molar-refractivity contribution in [3.05, 3.63) is 12.2 Å². The summed E-state index contributed by atoms with van der Waals surface area (Å²) in [6.45, 7) is 17.4. The highest BCUT2D eigenvalue weighted by Gasteiger charge is 2.41. The van der Waals surface area contributed by atoms with Crippen molar-refractivity contribution in [2.75, 3.05) is 0 Å². The van der Waals surface area contributed by atoms with Gasteiger partial charge in [0.2, 0.25) is 0 Å². The van der Waals surface area contributed by atoms with E-state index >= 15 is 0 Å². The molecule has 0 aromatic heterocycles. The Bertz CT molecular complexity index is 916. The van der Waals surface area contributed by atoms with Gasteiger partial charge in [0, 0.05) is 30.1 Å². The number of ether oxygens (including phenoxy) is 1. The highest BCUT2D eigenvalue weighted by Crippen LogP contribution is 2.36. The third kappa shape index (κ3) is 14.2. The molecule has 8 heteroatoms. The average Bonchev–Trinajstić information content (AvgIpc) is 3.32. The van der Waals surface area contributed by atoms with Gasteiger partial charge in [0.05, 0.1) is 36.4 Å². The van der Waals surface area contributed by atoms with Crippen LogP contribution in [0, 0.1) is 41.4 Å². The minimum Gasteiger partial charge on any atom is -0.481 e. The van der Waals surface area contributed by atoms with Gasteiger partial charge in [-0.05, 0) is 83.0 Å². The zero-order valence-corrected chi connectivity index (χ0v) is 29.0. The molecule has 0 bridgehead atoms. The normalized spacial score (nSPS) is 25.9. The molecule has 1 saturated heterocycles. The number of aliphatic hydroxyl groups excluding tert-OH is 3. The van der Waals surface area contributed by atoms with Gasteiger partial charge in [0.1, 0.15) is 11.6 Å². The Morgan fingerprint density at radius 3 is 1.95 bits per heavy atom. The first-order chi connectivity index (χ1) is 20.4. The number of aliphatic carboxylic acids is 1. The molecule has 0 radical (unpaired) electrons. The third-order valence-electron chi connectivity index (χ3n) is 10.1. The summed E-state index contributed by atoms with van der Waals surface area (Å²) in [5.74, 6) is -0.914. The molecule has 44 heavy (non-hydrogen) atoms. The molecule has 0 unspecified atom stereocenters. The van der Waals surface area contributed by atoms with Crippen LogP contribution in [-0.4, -0.2) is 68.0 Å². The number of hydrogen-bond acceptors (Lipinski definition) is 7. The summed E-state index contributed by atoms with van der Waals surface area (Å²) in [5, 5.41) is 40.5. The summed E-state index contributed by atoms with van der Waals surface area (Å²) < 4.78 is 6.02. The van der Waals surface area contributed by atoms with Gasteiger partial charge in [-0.3, -0.25) is 14.4 Å². The molecule has 0 aliphatic carbocycles. The molecule has 8 nitrogen and oxygen atoms in total. The van der Waals surface area contributed by atoms with E-state index in [0.717, 1.165) is 25.7 Å².